The van der Waals surface area contributed by atoms with Crippen LogP contribution in [0.4, 0.5) is 0 Å². The van der Waals surface area contributed by atoms with E-state index in [9.17, 15) is 14.7 Å². The van der Waals surface area contributed by atoms with Crippen LogP contribution in [-0.4, -0.2) is 47.5 Å². The minimum atomic E-state index is -1.10. The van der Waals surface area contributed by atoms with Crippen LogP contribution in [0.3, 0.4) is 0 Å². The Morgan fingerprint density at radius 3 is 2.27 bits per heavy atom. The number of hydrazone groups is 1. The highest BCUT2D eigenvalue weighted by Gasteiger charge is 2.37. The number of carbonyl (C=O) groups is 2. The number of hydrogen-bond donors (Lipinski definition) is 2. The molecule has 0 fully saturated rings. The van der Waals surface area contributed by atoms with Crippen molar-refractivity contribution in [2.24, 2.45) is 5.10 Å². The van der Waals surface area contributed by atoms with Crippen LogP contribution in [0.15, 0.2) is 127 Å². The molecular weight excluding hydrogens is 564 g/mol. The van der Waals surface area contributed by atoms with Gasteiger partial charge in [-0.05, 0) is 42.8 Å². The molecule has 0 spiro atoms. The minimum Gasteiger partial charge on any atom is -0.478 e. The largest absolute Gasteiger partial charge is 0.478 e. The zero-order chi connectivity index (χ0) is 30.9. The number of aryl methyl sites for hydroxylation is 1. The van der Waals surface area contributed by atoms with E-state index in [1.165, 1.54) is 17.1 Å². The summed E-state index contributed by atoms with van der Waals surface area (Å²) in [7, 11) is 0. The summed E-state index contributed by atoms with van der Waals surface area (Å²) in [5.41, 5.74) is 7.30. The highest BCUT2D eigenvalue weighted by Crippen LogP contribution is 2.39. The van der Waals surface area contributed by atoms with Crippen molar-refractivity contribution >= 4 is 17.6 Å². The van der Waals surface area contributed by atoms with E-state index in [2.05, 4.69) is 9.97 Å². The number of hydrogen-bond acceptors (Lipinski definition) is 5. The third kappa shape index (κ3) is 5.43. The molecule has 6 aromatic rings. The van der Waals surface area contributed by atoms with Crippen LogP contribution in [0.1, 0.15) is 49.9 Å². The summed E-state index contributed by atoms with van der Waals surface area (Å²) in [6, 6.07) is 31.4. The van der Waals surface area contributed by atoms with E-state index in [0.29, 0.717) is 12.1 Å². The first-order valence-electron chi connectivity index (χ1n) is 14.5. The van der Waals surface area contributed by atoms with Gasteiger partial charge in [0.1, 0.15) is 5.82 Å². The lowest BCUT2D eigenvalue weighted by Crippen LogP contribution is -2.27. The van der Waals surface area contributed by atoms with Crippen molar-refractivity contribution in [3.63, 3.8) is 0 Å². The molecule has 1 atom stereocenters. The molecule has 1 unspecified atom stereocenters. The van der Waals surface area contributed by atoms with Gasteiger partial charge in [0.05, 0.1) is 28.7 Å². The van der Waals surface area contributed by atoms with Crippen LogP contribution in [-0.2, 0) is 0 Å². The van der Waals surface area contributed by atoms with E-state index in [1.807, 2.05) is 96.7 Å². The number of nitrogens with one attached hydrogen (secondary N) is 1. The van der Waals surface area contributed by atoms with Crippen LogP contribution >= 0.6 is 0 Å². The third-order valence-electron chi connectivity index (χ3n) is 7.91. The van der Waals surface area contributed by atoms with Gasteiger partial charge in [-0.3, -0.25) is 4.79 Å². The first kappa shape index (κ1) is 27.7. The van der Waals surface area contributed by atoms with Crippen molar-refractivity contribution in [2.45, 2.75) is 19.4 Å². The van der Waals surface area contributed by atoms with Crippen molar-refractivity contribution in [3.8, 4) is 28.3 Å². The van der Waals surface area contributed by atoms with Crippen molar-refractivity contribution < 1.29 is 14.7 Å². The summed E-state index contributed by atoms with van der Waals surface area (Å²) < 4.78 is 1.82. The average molecular weight is 593 g/mol. The Morgan fingerprint density at radius 2 is 1.56 bits per heavy atom. The molecule has 2 N–H and O–H groups in total. The molecule has 0 radical (unpaired) electrons. The van der Waals surface area contributed by atoms with Gasteiger partial charge in [-0.25, -0.2) is 19.5 Å². The molecule has 1 aliphatic heterocycles. The maximum Gasteiger partial charge on any atom is 0.335 e. The maximum atomic E-state index is 14.1. The third-order valence-corrected chi connectivity index (χ3v) is 7.91. The number of carboxylic acid groups (broad SMARTS) is 1. The molecule has 0 aliphatic carbocycles. The number of H-pyrrole nitrogens is 1. The molecule has 3 heterocycles. The second kappa shape index (κ2) is 11.5. The van der Waals surface area contributed by atoms with Gasteiger partial charge < -0.3 is 10.1 Å². The number of imidazole rings is 1. The Bertz CT molecular complexity index is 2030. The lowest BCUT2D eigenvalue weighted by atomic mass is 9.95. The fraction of sp³-hybridized carbons (Fsp3) is 0.0833. The van der Waals surface area contributed by atoms with Crippen LogP contribution in [0.5, 0.6) is 0 Å². The molecule has 220 valence electrons. The summed E-state index contributed by atoms with van der Waals surface area (Å²) in [6.07, 6.45) is 5.90. The van der Waals surface area contributed by atoms with E-state index < -0.39 is 17.9 Å². The molecule has 1 amide bonds. The molecular formula is C36H28N6O3. The van der Waals surface area contributed by atoms with Crippen molar-refractivity contribution in [1.29, 1.82) is 0 Å². The molecule has 1 aliphatic rings. The number of nitrogens with zero attached hydrogens (tertiary/aromatic N) is 5. The zero-order valence-electron chi connectivity index (χ0n) is 24.3. The highest BCUT2D eigenvalue weighted by molar-refractivity contribution is 6.05. The summed E-state index contributed by atoms with van der Waals surface area (Å²) >= 11 is 0. The summed E-state index contributed by atoms with van der Waals surface area (Å²) in [5, 5.41) is 21.0. The average Bonchev–Trinajstić information content (AvgIpc) is 3.86. The Hall–Kier alpha value is -6.09. The normalized spacial score (nSPS) is 14.4. The number of aromatic amines is 1. The monoisotopic (exact) mass is 592 g/mol. The van der Waals surface area contributed by atoms with E-state index in [1.54, 1.807) is 24.5 Å². The van der Waals surface area contributed by atoms with E-state index in [4.69, 9.17) is 10.2 Å². The molecule has 0 bridgehead atoms. The van der Waals surface area contributed by atoms with E-state index >= 15 is 0 Å². The molecule has 2 aromatic heterocycles. The van der Waals surface area contributed by atoms with Crippen molar-refractivity contribution in [1.82, 2.24) is 24.8 Å². The lowest BCUT2D eigenvalue weighted by Gasteiger charge is -2.22. The molecule has 9 nitrogen and oxygen atoms in total. The number of carbonyl (C=O) groups excluding carboxylic acids is 1. The summed E-state index contributed by atoms with van der Waals surface area (Å²) in [4.78, 5) is 33.3. The van der Waals surface area contributed by atoms with E-state index in [-0.39, 0.29) is 11.1 Å². The second-order valence-corrected chi connectivity index (χ2v) is 10.9. The van der Waals surface area contributed by atoms with Gasteiger partial charge in [0.2, 0.25) is 0 Å². The first-order valence-corrected chi connectivity index (χ1v) is 14.5. The highest BCUT2D eigenvalue weighted by atomic mass is 16.4. The molecule has 4 aromatic carbocycles. The number of aromatic carboxylic acids is 1. The van der Waals surface area contributed by atoms with Crippen LogP contribution in [0.2, 0.25) is 0 Å². The van der Waals surface area contributed by atoms with Gasteiger partial charge in [0.15, 0.2) is 0 Å². The number of carboxylic acids is 1. The quantitative estimate of drug-likeness (QED) is 0.209. The van der Waals surface area contributed by atoms with Gasteiger partial charge in [0, 0.05) is 47.3 Å². The van der Waals surface area contributed by atoms with Gasteiger partial charge in [0.25, 0.3) is 5.91 Å². The van der Waals surface area contributed by atoms with Crippen molar-refractivity contribution in [2.75, 3.05) is 0 Å². The Morgan fingerprint density at radius 1 is 0.844 bits per heavy atom. The SMILES string of the molecule is Cc1ccc(C2=NN(C(=O)c3cccc(C(=O)O)c3)C(c3cn(-c4ccccc4)nc3-c3ccc(-c4ncc[nH]4)cc3)C2)cc1. The lowest BCUT2D eigenvalue weighted by molar-refractivity contribution is 0.0697. The van der Waals surface area contributed by atoms with Gasteiger partial charge >= 0.3 is 5.97 Å². The molecule has 0 saturated carbocycles. The second-order valence-electron chi connectivity index (χ2n) is 10.9. The number of aromatic nitrogens is 4. The first-order chi connectivity index (χ1) is 21.9. The Balaban J connectivity index is 1.35. The molecule has 0 saturated heterocycles. The van der Waals surface area contributed by atoms with Gasteiger partial charge in [-0.1, -0.05) is 78.4 Å². The Labute approximate surface area is 259 Å². The number of rotatable bonds is 7. The number of para-hydroxylation sites is 1. The summed E-state index contributed by atoms with van der Waals surface area (Å²) in [5.74, 6) is -0.725. The topological polar surface area (TPSA) is 116 Å². The standard InChI is InChI=1S/C36H28N6O3/c1-23-10-12-24(13-11-23)31-21-32(42(39-31)35(43)27-6-5-7-28(20-27)36(44)45)30-22-41(29-8-3-2-4-9-29)40-33(30)25-14-16-26(17-15-25)34-37-18-19-38-34/h2-20,22,32H,21H2,1H3,(H,37,38)(H,44,45). The summed E-state index contributed by atoms with van der Waals surface area (Å²) in [6.45, 7) is 2.02. The van der Waals surface area contributed by atoms with Crippen LogP contribution < -0.4 is 0 Å². The van der Waals surface area contributed by atoms with Gasteiger partial charge in [-0.15, -0.1) is 0 Å². The smallest absolute Gasteiger partial charge is 0.335 e. The fourth-order valence-electron chi connectivity index (χ4n) is 5.56. The fourth-order valence-corrected chi connectivity index (χ4v) is 5.56. The Kier molecular flexibility index (Phi) is 7.11. The van der Waals surface area contributed by atoms with E-state index in [0.717, 1.165) is 45.0 Å². The minimum absolute atomic E-state index is 0.0357. The number of amides is 1. The molecule has 9 heteroatoms. The predicted octanol–water partition coefficient (Wildman–Crippen LogP) is 6.93. The van der Waals surface area contributed by atoms with Gasteiger partial charge in [-0.2, -0.15) is 10.2 Å². The van der Waals surface area contributed by atoms with Crippen LogP contribution in [0.25, 0.3) is 28.3 Å². The molecule has 7 rings (SSSR count). The zero-order valence-corrected chi connectivity index (χ0v) is 24.3. The predicted molar refractivity (Wildman–Crippen MR) is 171 cm³/mol. The number of benzene rings is 4. The maximum absolute atomic E-state index is 14.1. The van der Waals surface area contributed by atoms with Crippen molar-refractivity contribution in [3.05, 3.63) is 150 Å². The van der Waals surface area contributed by atoms with Crippen LogP contribution in [0, 0.1) is 6.92 Å². The molecule has 45 heavy (non-hydrogen) atoms.